The van der Waals surface area contributed by atoms with E-state index in [2.05, 4.69) is 5.32 Å². The van der Waals surface area contributed by atoms with Crippen LogP contribution in [0.2, 0.25) is 0 Å². The van der Waals surface area contributed by atoms with Gasteiger partial charge in [-0.2, -0.15) is 0 Å². The van der Waals surface area contributed by atoms with Crippen LogP contribution in [0.15, 0.2) is 12.1 Å². The Morgan fingerprint density at radius 1 is 1.53 bits per heavy atom. The number of rotatable bonds is 6. The van der Waals surface area contributed by atoms with Gasteiger partial charge in [-0.1, -0.05) is 13.8 Å². The molecule has 5 nitrogen and oxygen atoms in total. The molecule has 0 aliphatic rings. The SMILES string of the molecule is CC(C)CC(CN)Nc1cc(F)c(I)cc1[N+](=O)[O-]. The molecule has 0 saturated carbocycles. The molecule has 0 aliphatic carbocycles. The van der Waals surface area contributed by atoms with Gasteiger partial charge in [-0.15, -0.1) is 0 Å². The first-order valence-corrected chi connectivity index (χ1v) is 7.03. The van der Waals surface area contributed by atoms with E-state index in [-0.39, 0.29) is 21.0 Å². The third-order valence-corrected chi connectivity index (χ3v) is 3.46. The fraction of sp³-hybridized carbons (Fsp3) is 0.500. The molecule has 0 spiro atoms. The van der Waals surface area contributed by atoms with Gasteiger partial charge < -0.3 is 11.1 Å². The van der Waals surface area contributed by atoms with Gasteiger partial charge in [0.15, 0.2) is 0 Å². The molecule has 3 N–H and O–H groups in total. The number of nitro benzene ring substituents is 1. The molecule has 0 saturated heterocycles. The average Bonchev–Trinajstić information content (AvgIpc) is 2.31. The molecule has 0 heterocycles. The first kappa shape index (κ1) is 16.1. The lowest BCUT2D eigenvalue weighted by atomic mass is 10.0. The molecule has 0 amide bonds. The summed E-state index contributed by atoms with van der Waals surface area (Å²) in [6, 6.07) is 2.27. The van der Waals surface area contributed by atoms with E-state index < -0.39 is 10.7 Å². The molecular formula is C12H17FIN3O2. The van der Waals surface area contributed by atoms with Crippen molar-refractivity contribution in [2.75, 3.05) is 11.9 Å². The number of hydrogen-bond acceptors (Lipinski definition) is 4. The Morgan fingerprint density at radius 2 is 2.16 bits per heavy atom. The van der Waals surface area contributed by atoms with Crippen LogP contribution in [0.25, 0.3) is 0 Å². The van der Waals surface area contributed by atoms with Crippen LogP contribution in [0.5, 0.6) is 0 Å². The maximum atomic E-state index is 13.5. The van der Waals surface area contributed by atoms with Gasteiger partial charge in [-0.25, -0.2) is 4.39 Å². The molecular weight excluding hydrogens is 364 g/mol. The fourth-order valence-corrected chi connectivity index (χ4v) is 2.26. The zero-order chi connectivity index (χ0) is 14.6. The molecule has 0 fully saturated rings. The average molecular weight is 381 g/mol. The Bertz CT molecular complexity index is 469. The smallest absolute Gasteiger partial charge is 0.293 e. The van der Waals surface area contributed by atoms with Crippen LogP contribution in [-0.4, -0.2) is 17.5 Å². The summed E-state index contributed by atoms with van der Waals surface area (Å²) in [5.74, 6) is -0.0807. The minimum absolute atomic E-state index is 0.113. The van der Waals surface area contributed by atoms with Crippen LogP contribution in [0.4, 0.5) is 15.8 Å². The van der Waals surface area contributed by atoms with E-state index in [0.29, 0.717) is 12.5 Å². The first-order valence-electron chi connectivity index (χ1n) is 5.95. The van der Waals surface area contributed by atoms with Crippen molar-refractivity contribution >= 4 is 34.0 Å². The summed E-state index contributed by atoms with van der Waals surface area (Å²) in [6.07, 6.45) is 0.765. The molecule has 0 bridgehead atoms. The standard InChI is InChI=1S/C12H17FIN3O2/c1-7(2)3-8(6-15)16-11-4-9(13)10(14)5-12(11)17(18)19/h4-5,7-8,16H,3,6,15H2,1-2H3. The van der Waals surface area contributed by atoms with Gasteiger partial charge in [0.05, 0.1) is 8.49 Å². The van der Waals surface area contributed by atoms with Crippen LogP contribution in [0.1, 0.15) is 20.3 Å². The van der Waals surface area contributed by atoms with Gasteiger partial charge >= 0.3 is 0 Å². The number of nitrogens with two attached hydrogens (primary N) is 1. The predicted molar refractivity (Wildman–Crippen MR) is 81.7 cm³/mol. The van der Waals surface area contributed by atoms with Gasteiger partial charge in [-0.05, 0) is 34.9 Å². The summed E-state index contributed by atoms with van der Waals surface area (Å²) in [5.41, 5.74) is 5.68. The number of nitro groups is 1. The van der Waals surface area contributed by atoms with Gasteiger partial charge in [-0.3, -0.25) is 10.1 Å². The van der Waals surface area contributed by atoms with Crippen molar-refractivity contribution in [1.29, 1.82) is 0 Å². The van der Waals surface area contributed by atoms with Crippen molar-refractivity contribution < 1.29 is 9.31 Å². The lowest BCUT2D eigenvalue weighted by molar-refractivity contribution is -0.384. The van der Waals surface area contributed by atoms with Crippen molar-refractivity contribution in [3.05, 3.63) is 31.6 Å². The molecule has 0 aromatic heterocycles. The molecule has 1 aromatic rings. The molecule has 19 heavy (non-hydrogen) atoms. The molecule has 1 unspecified atom stereocenters. The lowest BCUT2D eigenvalue weighted by Gasteiger charge is -2.20. The van der Waals surface area contributed by atoms with E-state index >= 15 is 0 Å². The summed E-state index contributed by atoms with van der Waals surface area (Å²) in [6.45, 7) is 4.41. The highest BCUT2D eigenvalue weighted by atomic mass is 127. The van der Waals surface area contributed by atoms with Crippen molar-refractivity contribution in [3.8, 4) is 0 Å². The van der Waals surface area contributed by atoms with Gasteiger partial charge in [0, 0.05) is 24.7 Å². The van der Waals surface area contributed by atoms with E-state index in [9.17, 15) is 14.5 Å². The Labute approximate surface area is 125 Å². The second-order valence-electron chi connectivity index (χ2n) is 4.75. The van der Waals surface area contributed by atoms with Gasteiger partial charge in [0.1, 0.15) is 11.5 Å². The second-order valence-corrected chi connectivity index (χ2v) is 5.91. The Hall–Kier alpha value is -0.960. The first-order chi connectivity index (χ1) is 8.85. The summed E-state index contributed by atoms with van der Waals surface area (Å²) in [4.78, 5) is 10.5. The second kappa shape index (κ2) is 6.99. The normalized spacial score (nSPS) is 12.5. The topological polar surface area (TPSA) is 81.2 Å². The monoisotopic (exact) mass is 381 g/mol. The van der Waals surface area contributed by atoms with Crippen LogP contribution >= 0.6 is 22.6 Å². The maximum Gasteiger partial charge on any atom is 0.293 e. The van der Waals surface area contributed by atoms with Crippen LogP contribution in [0.3, 0.4) is 0 Å². The summed E-state index contributed by atoms with van der Waals surface area (Å²) >= 11 is 1.73. The minimum atomic E-state index is -0.521. The number of hydrogen-bond donors (Lipinski definition) is 2. The number of nitrogens with one attached hydrogen (secondary N) is 1. The maximum absolute atomic E-state index is 13.5. The fourth-order valence-electron chi connectivity index (χ4n) is 1.81. The van der Waals surface area contributed by atoms with Crippen molar-refractivity contribution in [2.45, 2.75) is 26.3 Å². The number of benzene rings is 1. The zero-order valence-corrected chi connectivity index (χ0v) is 13.0. The molecule has 1 rings (SSSR count). The highest BCUT2D eigenvalue weighted by molar-refractivity contribution is 14.1. The third kappa shape index (κ3) is 4.57. The molecule has 0 radical (unpaired) electrons. The molecule has 1 aromatic carbocycles. The van der Waals surface area contributed by atoms with Gasteiger partial charge in [0.25, 0.3) is 5.69 Å². The van der Waals surface area contributed by atoms with Crippen molar-refractivity contribution in [3.63, 3.8) is 0 Å². The van der Waals surface area contributed by atoms with Crippen LogP contribution in [-0.2, 0) is 0 Å². The van der Waals surface area contributed by atoms with Crippen molar-refractivity contribution in [2.24, 2.45) is 11.7 Å². The number of halogens is 2. The van der Waals surface area contributed by atoms with E-state index in [0.717, 1.165) is 12.5 Å². The Kier molecular flexibility index (Phi) is 5.92. The lowest BCUT2D eigenvalue weighted by Crippen LogP contribution is -2.30. The molecule has 1 atom stereocenters. The zero-order valence-electron chi connectivity index (χ0n) is 10.8. The largest absolute Gasteiger partial charge is 0.375 e. The summed E-state index contributed by atoms with van der Waals surface area (Å²) < 4.78 is 13.8. The Balaban J connectivity index is 3.04. The third-order valence-electron chi connectivity index (χ3n) is 2.64. The van der Waals surface area contributed by atoms with Crippen LogP contribution in [0, 0.1) is 25.4 Å². The van der Waals surface area contributed by atoms with Gasteiger partial charge in [0.2, 0.25) is 0 Å². The molecule has 0 aliphatic heterocycles. The predicted octanol–water partition coefficient (Wildman–Crippen LogP) is 3.12. The summed E-state index contributed by atoms with van der Waals surface area (Å²) in [7, 11) is 0. The summed E-state index contributed by atoms with van der Waals surface area (Å²) in [5, 5.41) is 14.0. The van der Waals surface area contributed by atoms with E-state index in [1.165, 1.54) is 6.07 Å². The van der Waals surface area contributed by atoms with E-state index in [4.69, 9.17) is 5.73 Å². The Morgan fingerprint density at radius 3 is 2.63 bits per heavy atom. The van der Waals surface area contributed by atoms with Crippen molar-refractivity contribution in [1.82, 2.24) is 0 Å². The van der Waals surface area contributed by atoms with E-state index in [1.54, 1.807) is 22.6 Å². The molecule has 7 heteroatoms. The number of nitrogens with zero attached hydrogens (tertiary/aromatic N) is 1. The number of anilines is 1. The minimum Gasteiger partial charge on any atom is -0.375 e. The highest BCUT2D eigenvalue weighted by Gasteiger charge is 2.20. The highest BCUT2D eigenvalue weighted by Crippen LogP contribution is 2.29. The molecule has 106 valence electrons. The van der Waals surface area contributed by atoms with Crippen LogP contribution < -0.4 is 11.1 Å². The van der Waals surface area contributed by atoms with E-state index in [1.807, 2.05) is 13.8 Å². The quantitative estimate of drug-likeness (QED) is 0.451.